The number of ether oxygens (including phenoxy) is 2. The molecule has 1 aliphatic rings. The fraction of sp³-hybridized carbons (Fsp3) is 0.318. The van der Waals surface area contributed by atoms with Gasteiger partial charge in [-0.15, -0.1) is 29.1 Å². The fourth-order valence-corrected chi connectivity index (χ4v) is 6.06. The molecule has 0 spiro atoms. The third-order valence-corrected chi connectivity index (χ3v) is 7.79. The maximum atomic E-state index is 11.8. The van der Waals surface area contributed by atoms with E-state index in [4.69, 9.17) is 32.7 Å². The van der Waals surface area contributed by atoms with E-state index in [2.05, 4.69) is 37.9 Å². The Bertz CT molecular complexity index is 1360. The van der Waals surface area contributed by atoms with E-state index in [-0.39, 0.29) is 0 Å². The van der Waals surface area contributed by atoms with Gasteiger partial charge in [-0.05, 0) is 18.2 Å². The van der Waals surface area contributed by atoms with Crippen LogP contribution in [0.5, 0.6) is 0 Å². The summed E-state index contributed by atoms with van der Waals surface area (Å²) in [6, 6.07) is 7.05. The summed E-state index contributed by atoms with van der Waals surface area (Å²) in [5.41, 5.74) is -0.625. The van der Waals surface area contributed by atoms with Gasteiger partial charge >= 0.3 is 0 Å². The van der Waals surface area contributed by atoms with Crippen LogP contribution in [-0.2, 0) is 15.0 Å². The highest BCUT2D eigenvalue weighted by atomic mass is 35.5. The molecular formula is C22H20Cl2N6O4S2. The number of aliphatic hydroxyl groups is 2. The number of aromatic nitrogens is 6. The van der Waals surface area contributed by atoms with E-state index in [9.17, 15) is 10.2 Å². The van der Waals surface area contributed by atoms with Crippen LogP contribution < -0.4 is 0 Å². The summed E-state index contributed by atoms with van der Waals surface area (Å²) in [6.45, 7) is -0.493. The van der Waals surface area contributed by atoms with E-state index < -0.39 is 35.9 Å². The van der Waals surface area contributed by atoms with Crippen LogP contribution in [0.3, 0.4) is 0 Å². The van der Waals surface area contributed by atoms with Gasteiger partial charge in [-0.25, -0.2) is 9.67 Å². The Morgan fingerprint density at radius 1 is 1.28 bits per heavy atom. The molecule has 5 atom stereocenters. The molecule has 0 bridgehead atoms. The lowest BCUT2D eigenvalue weighted by Gasteiger charge is -2.51. The van der Waals surface area contributed by atoms with Crippen molar-refractivity contribution in [2.75, 3.05) is 13.7 Å². The van der Waals surface area contributed by atoms with E-state index in [1.807, 2.05) is 6.07 Å². The van der Waals surface area contributed by atoms with Gasteiger partial charge in [-0.3, -0.25) is 9.97 Å². The lowest BCUT2D eigenvalue weighted by Crippen LogP contribution is -2.68. The highest BCUT2D eigenvalue weighted by Crippen LogP contribution is 2.47. The molecule has 0 saturated carbocycles. The van der Waals surface area contributed by atoms with E-state index >= 15 is 0 Å². The molecule has 1 aliphatic heterocycles. The number of aliphatic hydroxyl groups excluding tert-OH is 2. The first-order valence-electron chi connectivity index (χ1n) is 10.7. The van der Waals surface area contributed by atoms with Gasteiger partial charge in [0.1, 0.15) is 45.1 Å². The van der Waals surface area contributed by atoms with Gasteiger partial charge in [-0.2, -0.15) is 0 Å². The minimum absolute atomic E-state index is 0.306. The summed E-state index contributed by atoms with van der Waals surface area (Å²) in [5, 5.41) is 33.5. The summed E-state index contributed by atoms with van der Waals surface area (Å²) in [7, 11) is 1.47. The number of pyridine rings is 2. The standard InChI is InChI=1S/C22H20Cl2N6O4S2/c1-33-19-21(35)34-15(9-31)18(32)22(19,30-8-14(28-29-30)20-27-16(24)10-36-20)12-6-11(23)7-26-17(12)13-4-2-3-5-25-13/h2-8,10,15,18-19,21,31-32,35H,9H2,1H3/t15-,18+,19+,21-,22+/m0/s1. The second-order valence-electron chi connectivity index (χ2n) is 7.96. The van der Waals surface area contributed by atoms with Crippen LogP contribution in [0.25, 0.3) is 22.1 Å². The van der Waals surface area contributed by atoms with Crippen LogP contribution in [0.2, 0.25) is 10.2 Å². The average molecular weight is 567 g/mol. The molecule has 10 nitrogen and oxygen atoms in total. The molecule has 0 amide bonds. The summed E-state index contributed by atoms with van der Waals surface area (Å²) >= 11 is 18.4. The molecule has 5 heterocycles. The van der Waals surface area contributed by atoms with Gasteiger partial charge in [0.2, 0.25) is 0 Å². The average Bonchev–Trinajstić information content (AvgIpc) is 3.55. The van der Waals surface area contributed by atoms with E-state index in [1.54, 1.807) is 36.0 Å². The molecule has 0 radical (unpaired) electrons. The molecule has 14 heteroatoms. The first kappa shape index (κ1) is 25.5. The Morgan fingerprint density at radius 2 is 2.11 bits per heavy atom. The van der Waals surface area contributed by atoms with Crippen molar-refractivity contribution >= 4 is 47.2 Å². The fourth-order valence-electron chi connectivity index (χ4n) is 4.50. The molecule has 1 saturated heterocycles. The predicted octanol–water partition coefficient (Wildman–Crippen LogP) is 2.93. The summed E-state index contributed by atoms with van der Waals surface area (Å²) in [5.74, 6) is 0. The summed E-state index contributed by atoms with van der Waals surface area (Å²) in [4.78, 5) is 13.3. The second-order valence-corrected chi connectivity index (χ2v) is 10.2. The molecule has 36 heavy (non-hydrogen) atoms. The molecular weight excluding hydrogens is 547 g/mol. The Hall–Kier alpha value is -2.16. The third-order valence-electron chi connectivity index (χ3n) is 6.00. The number of thiazole rings is 1. The van der Waals surface area contributed by atoms with Gasteiger partial charge in [0.25, 0.3) is 0 Å². The van der Waals surface area contributed by atoms with Crippen molar-refractivity contribution in [1.82, 2.24) is 29.9 Å². The van der Waals surface area contributed by atoms with Gasteiger partial charge in [0.05, 0.1) is 29.2 Å². The second kappa shape index (κ2) is 10.3. The minimum atomic E-state index is -1.55. The number of thiol groups is 1. The summed E-state index contributed by atoms with van der Waals surface area (Å²) in [6.07, 6.45) is 1.37. The zero-order chi connectivity index (χ0) is 25.4. The molecule has 0 unspecified atom stereocenters. The maximum Gasteiger partial charge on any atom is 0.149 e. The van der Waals surface area contributed by atoms with Crippen molar-refractivity contribution < 1.29 is 19.7 Å². The lowest BCUT2D eigenvalue weighted by atomic mass is 9.74. The third kappa shape index (κ3) is 4.21. The minimum Gasteiger partial charge on any atom is -0.394 e. The zero-order valence-electron chi connectivity index (χ0n) is 18.6. The lowest BCUT2D eigenvalue weighted by molar-refractivity contribution is -0.213. The molecule has 1 fully saturated rings. The van der Waals surface area contributed by atoms with Crippen LogP contribution in [-0.4, -0.2) is 77.6 Å². The summed E-state index contributed by atoms with van der Waals surface area (Å²) < 4.78 is 13.1. The molecule has 5 rings (SSSR count). The highest BCUT2D eigenvalue weighted by Gasteiger charge is 2.60. The van der Waals surface area contributed by atoms with Crippen molar-refractivity contribution in [2.45, 2.75) is 29.3 Å². The first-order chi connectivity index (χ1) is 17.4. The monoisotopic (exact) mass is 566 g/mol. The Morgan fingerprint density at radius 3 is 2.78 bits per heavy atom. The predicted molar refractivity (Wildman–Crippen MR) is 137 cm³/mol. The highest BCUT2D eigenvalue weighted by molar-refractivity contribution is 7.80. The number of nitrogens with zero attached hydrogens (tertiary/aromatic N) is 6. The van der Waals surface area contributed by atoms with Gasteiger partial charge in [-0.1, -0.05) is 34.5 Å². The normalized spacial score (nSPS) is 26.3. The van der Waals surface area contributed by atoms with Crippen LogP contribution in [0, 0.1) is 0 Å². The van der Waals surface area contributed by atoms with Crippen LogP contribution >= 0.6 is 47.2 Å². The zero-order valence-corrected chi connectivity index (χ0v) is 21.9. The number of halogens is 2. The van der Waals surface area contributed by atoms with Gasteiger partial charge in [0.15, 0.2) is 0 Å². The van der Waals surface area contributed by atoms with Crippen molar-refractivity contribution in [2.24, 2.45) is 0 Å². The maximum absolute atomic E-state index is 11.8. The van der Waals surface area contributed by atoms with Crippen molar-refractivity contribution in [3.05, 3.63) is 64.0 Å². The Kier molecular flexibility index (Phi) is 7.30. The number of rotatable bonds is 6. The molecule has 2 N–H and O–H groups in total. The Labute approximate surface area is 225 Å². The molecule has 4 aromatic rings. The van der Waals surface area contributed by atoms with E-state index in [0.29, 0.717) is 37.8 Å². The molecule has 4 aromatic heterocycles. The van der Waals surface area contributed by atoms with Crippen molar-refractivity contribution in [1.29, 1.82) is 0 Å². The largest absolute Gasteiger partial charge is 0.394 e. The van der Waals surface area contributed by atoms with Crippen LogP contribution in [0.1, 0.15) is 5.56 Å². The van der Waals surface area contributed by atoms with E-state index in [1.165, 1.54) is 29.3 Å². The number of hydrogen-bond acceptors (Lipinski definition) is 11. The smallest absolute Gasteiger partial charge is 0.149 e. The van der Waals surface area contributed by atoms with Crippen molar-refractivity contribution in [3.63, 3.8) is 0 Å². The van der Waals surface area contributed by atoms with Crippen molar-refractivity contribution in [3.8, 4) is 22.1 Å². The van der Waals surface area contributed by atoms with Crippen LogP contribution in [0.4, 0.5) is 0 Å². The van der Waals surface area contributed by atoms with Crippen LogP contribution in [0.15, 0.2) is 48.2 Å². The molecule has 0 aliphatic carbocycles. The first-order valence-corrected chi connectivity index (χ1v) is 12.8. The quantitative estimate of drug-likeness (QED) is 0.301. The number of hydrogen-bond donors (Lipinski definition) is 3. The van der Waals surface area contributed by atoms with Gasteiger partial charge < -0.3 is 19.7 Å². The molecule has 188 valence electrons. The number of methoxy groups -OCH3 is 1. The van der Waals surface area contributed by atoms with Gasteiger partial charge in [0, 0.05) is 30.4 Å². The Balaban J connectivity index is 1.83. The van der Waals surface area contributed by atoms with E-state index in [0.717, 1.165) is 0 Å². The topological polar surface area (TPSA) is 128 Å². The molecule has 0 aromatic carbocycles. The SMILES string of the molecule is CO[C@@H]1[C@H](S)O[C@@H](CO)[C@@H](O)[C@@]1(c1cc(Cl)cnc1-c1ccccn1)n1cc(-c2nc(Cl)cs2)nn1.